The molecule has 0 aliphatic carbocycles. The maximum absolute atomic E-state index is 13.1. The van der Waals surface area contributed by atoms with Crippen molar-refractivity contribution in [3.05, 3.63) is 12.2 Å². The van der Waals surface area contributed by atoms with Gasteiger partial charge in [0.25, 0.3) is 0 Å². The Labute approximate surface area is 398 Å². The molecule has 1 fully saturated rings. The molecule has 0 bridgehead atoms. The summed E-state index contributed by atoms with van der Waals surface area (Å²) in [5.74, 6) is -0.231. The van der Waals surface area contributed by atoms with Crippen molar-refractivity contribution in [1.29, 1.82) is 0 Å². The molecule has 0 aromatic rings. The summed E-state index contributed by atoms with van der Waals surface area (Å²) in [4.78, 5) is 13.1. The lowest BCUT2D eigenvalue weighted by Gasteiger charge is -2.41. The van der Waals surface area contributed by atoms with E-state index in [0.29, 0.717) is 12.8 Å². The van der Waals surface area contributed by atoms with Crippen molar-refractivity contribution in [3.63, 3.8) is 0 Å². The highest BCUT2D eigenvalue weighted by atomic mass is 32.3. The average Bonchev–Trinajstić information content (AvgIpc) is 3.28. The number of aliphatic hydroxyl groups is 4. The molecule has 1 amide bonds. The summed E-state index contributed by atoms with van der Waals surface area (Å²) in [6, 6.07) is -0.857. The van der Waals surface area contributed by atoms with Crippen LogP contribution in [0.5, 0.6) is 0 Å². The number of allylic oxidation sites excluding steroid dienone is 2. The Morgan fingerprint density at radius 2 is 0.985 bits per heavy atom. The standard InChI is InChI=1S/C52H101NO11S/c1-3-5-7-9-11-13-15-17-19-20-21-22-23-24-25-26-28-30-32-34-36-38-40-42-48(56)53-45(44-62-52-50(58)51(64-65(59,60)61)49(57)47(43-54)63-52)46(55)41-39-37-35-33-31-29-27-18-16-14-12-10-8-6-4-2/h24-25,45-47,49-52,54-55,57-58H,3-23,26-44H2,1-2H3,(H,53,56)(H,59,60,61)/b25-24-. The molecule has 7 atom stereocenters. The minimum Gasteiger partial charge on any atom is -0.394 e. The number of carbonyl (C=O) groups excluding carboxylic acids is 1. The number of amides is 1. The van der Waals surface area contributed by atoms with Gasteiger partial charge in [-0.25, -0.2) is 4.18 Å². The number of hydrogen-bond acceptors (Lipinski definition) is 10. The van der Waals surface area contributed by atoms with Gasteiger partial charge in [0, 0.05) is 6.42 Å². The van der Waals surface area contributed by atoms with Gasteiger partial charge < -0.3 is 35.2 Å². The second-order valence-electron chi connectivity index (χ2n) is 19.2. The first-order valence-electron chi connectivity index (χ1n) is 27.1. The summed E-state index contributed by atoms with van der Waals surface area (Å²) in [6.07, 6.45) is 40.7. The zero-order chi connectivity index (χ0) is 47.6. The lowest BCUT2D eigenvalue weighted by atomic mass is 9.99. The molecule has 1 heterocycles. The minimum absolute atomic E-state index is 0.231. The molecule has 1 aliphatic heterocycles. The van der Waals surface area contributed by atoms with E-state index < -0.39 is 59.9 Å². The third kappa shape index (κ3) is 35.6. The molecule has 1 rings (SSSR count). The molecule has 0 aromatic carbocycles. The van der Waals surface area contributed by atoms with Crippen LogP contribution in [0.2, 0.25) is 0 Å². The van der Waals surface area contributed by atoms with Crippen LogP contribution in [-0.4, -0.2) is 95.4 Å². The Kier molecular flexibility index (Phi) is 40.8. The van der Waals surface area contributed by atoms with E-state index >= 15 is 0 Å². The van der Waals surface area contributed by atoms with Gasteiger partial charge in [0.1, 0.15) is 24.4 Å². The number of nitrogens with one attached hydrogen (secondary N) is 1. The topological polar surface area (TPSA) is 192 Å². The van der Waals surface area contributed by atoms with Gasteiger partial charge in [-0.15, -0.1) is 0 Å². The van der Waals surface area contributed by atoms with Gasteiger partial charge in [0.15, 0.2) is 6.29 Å². The van der Waals surface area contributed by atoms with Gasteiger partial charge in [-0.2, -0.15) is 8.42 Å². The molecule has 7 unspecified atom stereocenters. The highest BCUT2D eigenvalue weighted by molar-refractivity contribution is 7.80. The summed E-state index contributed by atoms with van der Waals surface area (Å²) < 4.78 is 47.8. The van der Waals surface area contributed by atoms with Crippen LogP contribution < -0.4 is 5.32 Å². The van der Waals surface area contributed by atoms with E-state index in [1.54, 1.807) is 0 Å². The number of unbranched alkanes of at least 4 members (excludes halogenated alkanes) is 33. The van der Waals surface area contributed by atoms with E-state index in [1.165, 1.54) is 173 Å². The van der Waals surface area contributed by atoms with E-state index in [1.807, 2.05) is 0 Å². The Morgan fingerprint density at radius 3 is 1.38 bits per heavy atom. The van der Waals surface area contributed by atoms with Crippen molar-refractivity contribution in [2.45, 2.75) is 301 Å². The molecular formula is C52H101NO11S. The van der Waals surface area contributed by atoms with Crippen LogP contribution in [0.25, 0.3) is 0 Å². The van der Waals surface area contributed by atoms with Crippen molar-refractivity contribution in [2.75, 3.05) is 13.2 Å². The van der Waals surface area contributed by atoms with E-state index in [4.69, 9.17) is 9.47 Å². The van der Waals surface area contributed by atoms with E-state index in [-0.39, 0.29) is 18.9 Å². The molecule has 386 valence electrons. The summed E-state index contributed by atoms with van der Waals surface area (Å²) in [7, 11) is -5.08. The van der Waals surface area contributed by atoms with Gasteiger partial charge in [0.05, 0.1) is 25.4 Å². The van der Waals surface area contributed by atoms with E-state index in [9.17, 15) is 38.2 Å². The van der Waals surface area contributed by atoms with Crippen LogP contribution in [0.1, 0.15) is 258 Å². The molecule has 6 N–H and O–H groups in total. The molecule has 1 saturated heterocycles. The van der Waals surface area contributed by atoms with Gasteiger partial charge in [0.2, 0.25) is 5.91 Å². The fourth-order valence-corrected chi connectivity index (χ4v) is 9.38. The van der Waals surface area contributed by atoms with Crippen LogP contribution >= 0.6 is 0 Å². The highest BCUT2D eigenvalue weighted by Gasteiger charge is 2.48. The molecule has 0 spiro atoms. The third-order valence-electron chi connectivity index (χ3n) is 13.1. The minimum atomic E-state index is -5.08. The summed E-state index contributed by atoms with van der Waals surface area (Å²) in [5.41, 5.74) is 0. The molecule has 65 heavy (non-hydrogen) atoms. The van der Waals surface area contributed by atoms with Crippen molar-refractivity contribution in [1.82, 2.24) is 5.32 Å². The summed E-state index contributed by atoms with van der Waals surface area (Å²) in [5, 5.41) is 45.0. The highest BCUT2D eigenvalue weighted by Crippen LogP contribution is 2.26. The van der Waals surface area contributed by atoms with Crippen LogP contribution in [0.15, 0.2) is 12.2 Å². The van der Waals surface area contributed by atoms with Gasteiger partial charge in [-0.1, -0.05) is 225 Å². The molecule has 0 radical (unpaired) electrons. The van der Waals surface area contributed by atoms with E-state index in [0.717, 1.165) is 51.4 Å². The lowest BCUT2D eigenvalue weighted by Crippen LogP contribution is -2.61. The van der Waals surface area contributed by atoms with Crippen LogP contribution in [0, 0.1) is 0 Å². The zero-order valence-electron chi connectivity index (χ0n) is 41.6. The number of ether oxygens (including phenoxy) is 2. The van der Waals surface area contributed by atoms with Crippen molar-refractivity contribution < 1.29 is 51.8 Å². The second kappa shape index (κ2) is 42.9. The molecule has 12 nitrogen and oxygen atoms in total. The Bertz CT molecular complexity index is 1210. The first-order valence-corrected chi connectivity index (χ1v) is 28.4. The number of aliphatic hydroxyl groups excluding tert-OH is 4. The number of carbonyl (C=O) groups is 1. The Balaban J connectivity index is 2.38. The first kappa shape index (κ1) is 61.9. The monoisotopic (exact) mass is 948 g/mol. The van der Waals surface area contributed by atoms with Crippen LogP contribution in [0.4, 0.5) is 0 Å². The number of rotatable bonds is 47. The van der Waals surface area contributed by atoms with Gasteiger partial charge in [-0.3, -0.25) is 9.35 Å². The predicted molar refractivity (Wildman–Crippen MR) is 264 cm³/mol. The molecular weight excluding hydrogens is 847 g/mol. The summed E-state index contributed by atoms with van der Waals surface area (Å²) in [6.45, 7) is 3.48. The normalized spacial score (nSPS) is 20.1. The number of hydrogen-bond donors (Lipinski definition) is 6. The van der Waals surface area contributed by atoms with Gasteiger partial charge >= 0.3 is 10.4 Å². The van der Waals surface area contributed by atoms with Crippen molar-refractivity contribution in [3.8, 4) is 0 Å². The maximum atomic E-state index is 13.1. The first-order chi connectivity index (χ1) is 31.5. The van der Waals surface area contributed by atoms with E-state index in [2.05, 4.69) is 35.5 Å². The maximum Gasteiger partial charge on any atom is 0.397 e. The zero-order valence-corrected chi connectivity index (χ0v) is 42.4. The SMILES string of the molecule is CCCCCCCCCCCCCC/C=C\CCCCCCCCCC(=O)NC(COC1OC(CO)C(O)C(OS(=O)(=O)O)C1O)C(O)CCCCCCCCCCCCCCCCC. The van der Waals surface area contributed by atoms with Gasteiger partial charge in [-0.05, 0) is 38.5 Å². The Hall–Kier alpha value is -1.16. The van der Waals surface area contributed by atoms with Crippen LogP contribution in [0.3, 0.4) is 0 Å². The third-order valence-corrected chi connectivity index (χ3v) is 13.5. The fraction of sp³-hybridized carbons (Fsp3) is 0.942. The quantitative estimate of drug-likeness (QED) is 0.0193. The molecule has 13 heteroatoms. The molecule has 0 aromatic heterocycles. The largest absolute Gasteiger partial charge is 0.397 e. The predicted octanol–water partition coefficient (Wildman–Crippen LogP) is 11.9. The fourth-order valence-electron chi connectivity index (χ4n) is 8.87. The lowest BCUT2D eigenvalue weighted by molar-refractivity contribution is -0.298. The molecule has 1 aliphatic rings. The average molecular weight is 948 g/mol. The second-order valence-corrected chi connectivity index (χ2v) is 20.2. The molecule has 0 saturated carbocycles. The Morgan fingerprint density at radius 1 is 0.600 bits per heavy atom. The van der Waals surface area contributed by atoms with Crippen LogP contribution in [-0.2, 0) is 28.9 Å². The summed E-state index contributed by atoms with van der Waals surface area (Å²) >= 11 is 0. The smallest absolute Gasteiger partial charge is 0.394 e. The van der Waals surface area contributed by atoms with Crippen molar-refractivity contribution in [2.24, 2.45) is 0 Å². The van der Waals surface area contributed by atoms with Crippen molar-refractivity contribution >= 4 is 16.3 Å².